The molecule has 0 unspecified atom stereocenters. The Kier molecular flexibility index (Phi) is 3.47. The number of halogens is 2. The van der Waals surface area contributed by atoms with Gasteiger partial charge in [0.1, 0.15) is 0 Å². The summed E-state index contributed by atoms with van der Waals surface area (Å²) in [6.45, 7) is 3.38. The lowest BCUT2D eigenvalue weighted by Crippen LogP contribution is -2.56. The van der Waals surface area contributed by atoms with Crippen molar-refractivity contribution in [2.24, 2.45) is 0 Å². The van der Waals surface area contributed by atoms with Crippen LogP contribution in [0.15, 0.2) is 24.4 Å². The van der Waals surface area contributed by atoms with Crippen LogP contribution in [-0.4, -0.2) is 36.6 Å². The first-order valence-electron chi connectivity index (χ1n) is 7.10. The first-order chi connectivity index (χ1) is 10.4. The fourth-order valence-corrected chi connectivity index (χ4v) is 2.63. The van der Waals surface area contributed by atoms with Crippen LogP contribution in [0.1, 0.15) is 22.8 Å². The summed E-state index contributed by atoms with van der Waals surface area (Å²) >= 11 is 0. The Labute approximate surface area is 126 Å². The summed E-state index contributed by atoms with van der Waals surface area (Å²) in [5.41, 5.74) is 2.70. The van der Waals surface area contributed by atoms with Crippen LogP contribution in [-0.2, 0) is 4.74 Å². The van der Waals surface area contributed by atoms with Crippen molar-refractivity contribution in [1.29, 1.82) is 0 Å². The van der Waals surface area contributed by atoms with Crippen molar-refractivity contribution in [2.45, 2.75) is 19.8 Å². The molecule has 2 heterocycles. The lowest BCUT2D eigenvalue weighted by Gasteiger charge is -2.41. The van der Waals surface area contributed by atoms with Crippen molar-refractivity contribution in [3.05, 3.63) is 35.5 Å². The molecule has 4 nitrogen and oxygen atoms in total. The molecule has 22 heavy (non-hydrogen) atoms. The van der Waals surface area contributed by atoms with Gasteiger partial charge in [0.15, 0.2) is 0 Å². The smallest absolute Gasteiger partial charge is 0.339 e. The van der Waals surface area contributed by atoms with Crippen LogP contribution in [0.2, 0.25) is 0 Å². The molecule has 3 rings (SSSR count). The Morgan fingerprint density at radius 2 is 2.09 bits per heavy atom. The van der Waals surface area contributed by atoms with Crippen LogP contribution >= 0.6 is 0 Å². The predicted octanol–water partition coefficient (Wildman–Crippen LogP) is 3.18. The number of anilines is 1. The number of alkyl halides is 2. The molecular weight excluding hydrogens is 290 g/mol. The number of ether oxygens (including phenoxy) is 1. The van der Waals surface area contributed by atoms with Crippen molar-refractivity contribution < 1.29 is 18.3 Å². The fourth-order valence-electron chi connectivity index (χ4n) is 2.63. The van der Waals surface area contributed by atoms with Gasteiger partial charge in [0.2, 0.25) is 0 Å². The normalized spacial score (nSPS) is 16.5. The predicted molar refractivity (Wildman–Crippen MR) is 79.6 cm³/mol. The molecule has 0 spiro atoms. The number of aromatic nitrogens is 1. The zero-order chi connectivity index (χ0) is 15.9. The Balaban J connectivity index is 1.94. The Morgan fingerprint density at radius 3 is 2.73 bits per heavy atom. The third kappa shape index (κ3) is 2.61. The minimum absolute atomic E-state index is 0.264. The van der Waals surface area contributed by atoms with Gasteiger partial charge in [-0.25, -0.2) is 13.6 Å². The minimum atomic E-state index is -2.61. The van der Waals surface area contributed by atoms with Crippen LogP contribution in [0.4, 0.5) is 14.5 Å². The van der Waals surface area contributed by atoms with E-state index in [2.05, 4.69) is 4.98 Å². The molecule has 6 heteroatoms. The van der Waals surface area contributed by atoms with E-state index >= 15 is 0 Å². The second-order valence-electron chi connectivity index (χ2n) is 5.49. The van der Waals surface area contributed by atoms with Crippen molar-refractivity contribution in [1.82, 2.24) is 4.98 Å². The number of esters is 1. The highest BCUT2D eigenvalue weighted by atomic mass is 19.3. The lowest BCUT2D eigenvalue weighted by atomic mass is 10.0. The van der Waals surface area contributed by atoms with E-state index in [0.29, 0.717) is 17.7 Å². The maximum atomic E-state index is 13.0. The van der Waals surface area contributed by atoms with Crippen LogP contribution in [0.25, 0.3) is 10.9 Å². The third-order valence-electron chi connectivity index (χ3n) is 3.70. The largest absolute Gasteiger partial charge is 0.462 e. The number of carbonyl (C=O) groups is 1. The number of rotatable bonds is 3. The second-order valence-corrected chi connectivity index (χ2v) is 5.49. The molecular formula is C16H16F2N2O2. The van der Waals surface area contributed by atoms with E-state index in [1.807, 2.05) is 13.0 Å². The van der Waals surface area contributed by atoms with Gasteiger partial charge < -0.3 is 9.64 Å². The topological polar surface area (TPSA) is 42.4 Å². The van der Waals surface area contributed by atoms with Crippen molar-refractivity contribution in [3.8, 4) is 0 Å². The highest BCUT2D eigenvalue weighted by Gasteiger charge is 2.44. The molecule has 0 bridgehead atoms. The number of hydrogen-bond acceptors (Lipinski definition) is 4. The summed E-state index contributed by atoms with van der Waals surface area (Å²) in [4.78, 5) is 17.6. The van der Waals surface area contributed by atoms with Gasteiger partial charge in [0, 0.05) is 17.3 Å². The fraction of sp³-hybridized carbons (Fsp3) is 0.375. The molecule has 1 aliphatic heterocycles. The SMILES string of the molecule is CCOC(=O)c1cnc2cc(N3CC(F)(F)C3)c(C)cc2c1. The number of benzene rings is 1. The highest BCUT2D eigenvalue weighted by molar-refractivity contribution is 5.94. The van der Waals surface area contributed by atoms with E-state index in [9.17, 15) is 13.6 Å². The molecule has 1 aromatic carbocycles. The standard InChI is InChI=1S/C16H16F2N2O2/c1-3-22-15(21)12-5-11-4-10(2)14(6-13(11)19-7-12)20-8-16(17,18)9-20/h4-7H,3,8-9H2,1-2H3. The summed E-state index contributed by atoms with van der Waals surface area (Å²) in [6, 6.07) is 5.35. The summed E-state index contributed by atoms with van der Waals surface area (Å²) in [5, 5.41) is 0.791. The number of nitrogens with zero attached hydrogens (tertiary/aromatic N) is 2. The van der Waals surface area contributed by atoms with E-state index < -0.39 is 11.9 Å². The van der Waals surface area contributed by atoms with Gasteiger partial charge >= 0.3 is 5.97 Å². The molecule has 0 radical (unpaired) electrons. The maximum absolute atomic E-state index is 13.0. The van der Waals surface area contributed by atoms with Crippen LogP contribution in [0.3, 0.4) is 0 Å². The van der Waals surface area contributed by atoms with Crippen molar-refractivity contribution in [2.75, 3.05) is 24.6 Å². The second kappa shape index (κ2) is 5.19. The molecule has 1 fully saturated rings. The zero-order valence-electron chi connectivity index (χ0n) is 12.4. The van der Waals surface area contributed by atoms with Crippen molar-refractivity contribution >= 4 is 22.6 Å². The molecule has 0 N–H and O–H groups in total. The zero-order valence-corrected chi connectivity index (χ0v) is 12.4. The minimum Gasteiger partial charge on any atom is -0.462 e. The number of carbonyl (C=O) groups excluding carboxylic acids is 1. The summed E-state index contributed by atoms with van der Waals surface area (Å²) in [6.07, 6.45) is 1.45. The number of aryl methyl sites for hydroxylation is 1. The molecule has 1 aliphatic rings. The highest BCUT2D eigenvalue weighted by Crippen LogP contribution is 2.35. The Hall–Kier alpha value is -2.24. The number of fused-ring (bicyclic) bond motifs is 1. The van der Waals surface area contributed by atoms with Gasteiger partial charge in [0.25, 0.3) is 5.92 Å². The third-order valence-corrected chi connectivity index (χ3v) is 3.70. The molecule has 2 aromatic rings. The molecule has 0 atom stereocenters. The molecule has 116 valence electrons. The van der Waals surface area contributed by atoms with Gasteiger partial charge in [-0.3, -0.25) is 4.98 Å². The van der Waals surface area contributed by atoms with Gasteiger partial charge in [-0.15, -0.1) is 0 Å². The molecule has 1 saturated heterocycles. The summed E-state index contributed by atoms with van der Waals surface area (Å²) < 4.78 is 31.0. The van der Waals surface area contributed by atoms with E-state index in [-0.39, 0.29) is 13.1 Å². The molecule has 0 amide bonds. The summed E-state index contributed by atoms with van der Waals surface area (Å²) in [7, 11) is 0. The van der Waals surface area contributed by atoms with Gasteiger partial charge in [-0.2, -0.15) is 0 Å². The van der Waals surface area contributed by atoms with Gasteiger partial charge in [0.05, 0.1) is 30.8 Å². The van der Waals surface area contributed by atoms with Crippen molar-refractivity contribution in [3.63, 3.8) is 0 Å². The maximum Gasteiger partial charge on any atom is 0.339 e. The van der Waals surface area contributed by atoms with Crippen LogP contribution in [0.5, 0.6) is 0 Å². The first kappa shape index (κ1) is 14.7. The van der Waals surface area contributed by atoms with E-state index in [4.69, 9.17) is 4.74 Å². The van der Waals surface area contributed by atoms with E-state index in [1.54, 1.807) is 24.0 Å². The number of pyridine rings is 1. The van der Waals surface area contributed by atoms with Crippen LogP contribution < -0.4 is 4.90 Å². The van der Waals surface area contributed by atoms with Gasteiger partial charge in [-0.1, -0.05) is 0 Å². The average Bonchev–Trinajstić information content (AvgIpc) is 2.43. The van der Waals surface area contributed by atoms with Crippen LogP contribution in [0, 0.1) is 6.92 Å². The molecule has 1 aromatic heterocycles. The van der Waals surface area contributed by atoms with E-state index in [1.165, 1.54) is 6.20 Å². The monoisotopic (exact) mass is 306 g/mol. The van der Waals surface area contributed by atoms with Gasteiger partial charge in [-0.05, 0) is 37.6 Å². The molecule has 0 aliphatic carbocycles. The lowest BCUT2D eigenvalue weighted by molar-refractivity contribution is -0.0263. The molecule has 0 saturated carbocycles. The summed E-state index contributed by atoms with van der Waals surface area (Å²) in [5.74, 6) is -3.02. The van der Waals surface area contributed by atoms with E-state index in [0.717, 1.165) is 16.6 Å². The Morgan fingerprint density at radius 1 is 1.36 bits per heavy atom. The Bertz CT molecular complexity index is 738. The number of hydrogen-bond donors (Lipinski definition) is 0. The quantitative estimate of drug-likeness (QED) is 0.817. The average molecular weight is 306 g/mol. The first-order valence-corrected chi connectivity index (χ1v) is 7.10.